The van der Waals surface area contributed by atoms with Gasteiger partial charge < -0.3 is 14.7 Å². The Morgan fingerprint density at radius 3 is 2.40 bits per heavy atom. The molecule has 0 radical (unpaired) electrons. The molecule has 3 amide bonds. The summed E-state index contributed by atoms with van der Waals surface area (Å²) in [7, 11) is 1.48. The highest BCUT2D eigenvalue weighted by molar-refractivity contribution is 6.10. The van der Waals surface area contributed by atoms with E-state index in [2.05, 4.69) is 0 Å². The van der Waals surface area contributed by atoms with E-state index >= 15 is 0 Å². The van der Waals surface area contributed by atoms with Crippen molar-refractivity contribution in [3.8, 4) is 5.75 Å². The summed E-state index contributed by atoms with van der Waals surface area (Å²) in [6.07, 6.45) is -0.684. The van der Waals surface area contributed by atoms with Crippen LogP contribution in [0, 0.1) is 16.0 Å². The molecule has 0 spiro atoms. The lowest BCUT2D eigenvalue weighted by Gasteiger charge is -2.43. The second-order valence-corrected chi connectivity index (χ2v) is 10.8. The molecule has 218 valence electrons. The van der Waals surface area contributed by atoms with Crippen LogP contribution < -0.4 is 4.74 Å². The van der Waals surface area contributed by atoms with Gasteiger partial charge in [-0.1, -0.05) is 60.7 Å². The number of carbonyl (C=O) groups is 3. The van der Waals surface area contributed by atoms with Crippen molar-refractivity contribution in [3.63, 3.8) is 0 Å². The van der Waals surface area contributed by atoms with Crippen molar-refractivity contribution in [3.05, 3.63) is 118 Å². The molecule has 4 aromatic carbocycles. The Morgan fingerprint density at radius 2 is 1.65 bits per heavy atom. The molecule has 0 saturated carbocycles. The minimum absolute atomic E-state index is 0.0469. The molecule has 10 nitrogen and oxygen atoms in total. The van der Waals surface area contributed by atoms with E-state index in [0.29, 0.717) is 17.7 Å². The van der Waals surface area contributed by atoms with Gasteiger partial charge in [-0.25, -0.2) is 0 Å². The number of aliphatic hydroxyl groups excluding tert-OH is 1. The van der Waals surface area contributed by atoms with Crippen LogP contribution in [0.4, 0.5) is 5.69 Å². The monoisotopic (exact) mass is 579 g/mol. The minimum Gasteiger partial charge on any atom is -0.496 e. The van der Waals surface area contributed by atoms with Gasteiger partial charge >= 0.3 is 0 Å². The van der Waals surface area contributed by atoms with E-state index in [9.17, 15) is 29.6 Å². The number of fused-ring (bicyclic) bond motifs is 2. The smallest absolute Gasteiger partial charge is 0.269 e. The number of methoxy groups -OCH3 is 1. The number of likely N-dealkylation sites (tertiary alicyclic amines) is 2. The third-order valence-corrected chi connectivity index (χ3v) is 8.50. The molecule has 2 heterocycles. The van der Waals surface area contributed by atoms with Crippen LogP contribution in [0.25, 0.3) is 10.8 Å². The summed E-state index contributed by atoms with van der Waals surface area (Å²) < 4.78 is 5.46. The van der Waals surface area contributed by atoms with Crippen molar-refractivity contribution in [2.75, 3.05) is 7.11 Å². The summed E-state index contributed by atoms with van der Waals surface area (Å²) in [6, 6.07) is 23.4. The Balaban J connectivity index is 1.40. The van der Waals surface area contributed by atoms with E-state index in [-0.39, 0.29) is 30.1 Å². The first-order valence-electron chi connectivity index (χ1n) is 14.0. The van der Waals surface area contributed by atoms with Crippen LogP contribution in [0.15, 0.2) is 91.0 Å². The van der Waals surface area contributed by atoms with Crippen LogP contribution in [0.2, 0.25) is 0 Å². The maximum absolute atomic E-state index is 14.1. The average Bonchev–Trinajstić information content (AvgIpc) is 3.28. The molecule has 1 unspecified atom stereocenters. The Bertz CT molecular complexity index is 1730. The summed E-state index contributed by atoms with van der Waals surface area (Å²) in [6.45, 7) is 0.0469. The second kappa shape index (κ2) is 11.3. The third-order valence-electron chi connectivity index (χ3n) is 8.50. The van der Waals surface area contributed by atoms with Crippen molar-refractivity contribution in [2.45, 2.75) is 37.6 Å². The summed E-state index contributed by atoms with van der Waals surface area (Å²) in [4.78, 5) is 55.2. The number of ether oxygens (including phenoxy) is 1. The van der Waals surface area contributed by atoms with Crippen LogP contribution >= 0.6 is 0 Å². The van der Waals surface area contributed by atoms with E-state index in [0.717, 1.165) is 16.3 Å². The number of para-hydroxylation sites is 1. The Hall–Kier alpha value is -5.09. The molecule has 43 heavy (non-hydrogen) atoms. The highest BCUT2D eigenvalue weighted by Crippen LogP contribution is 2.42. The fourth-order valence-corrected chi connectivity index (χ4v) is 6.40. The molecule has 2 aliphatic rings. The standard InChI is InChI=1S/C33H29N3O7/c1-43-28-12-5-4-11-25(28)30(37)27-18-17-26-29(35(27)31(38)21-13-15-23(16-14-21)36(41)42)33(40)34(32(26)39)19-22-9-6-8-20-7-2-3-10-24(20)22/h2-16,26-27,29-30,37H,17-19H2,1H3/t26-,27?,29+,30-/m1/s1. The van der Waals surface area contributed by atoms with E-state index < -0.39 is 40.8 Å². The van der Waals surface area contributed by atoms with Gasteiger partial charge in [-0.3, -0.25) is 29.4 Å². The number of amides is 3. The first-order chi connectivity index (χ1) is 20.8. The number of nitro groups is 1. The fraction of sp³-hybridized carbons (Fsp3) is 0.242. The van der Waals surface area contributed by atoms with Gasteiger partial charge in [0.15, 0.2) is 0 Å². The van der Waals surface area contributed by atoms with Crippen molar-refractivity contribution in [1.82, 2.24) is 9.80 Å². The molecule has 0 aliphatic carbocycles. The molecule has 2 fully saturated rings. The summed E-state index contributed by atoms with van der Waals surface area (Å²) in [5, 5.41) is 24.8. The largest absolute Gasteiger partial charge is 0.496 e. The minimum atomic E-state index is -1.23. The van der Waals surface area contributed by atoms with E-state index in [4.69, 9.17) is 4.74 Å². The first kappa shape index (κ1) is 28.0. The third kappa shape index (κ3) is 4.89. The van der Waals surface area contributed by atoms with Crippen LogP contribution in [0.3, 0.4) is 0 Å². The number of carbonyl (C=O) groups excluding carboxylic acids is 3. The zero-order valence-corrected chi connectivity index (χ0v) is 23.3. The van der Waals surface area contributed by atoms with Crippen LogP contribution in [-0.2, 0) is 16.1 Å². The number of imide groups is 1. The van der Waals surface area contributed by atoms with Gasteiger partial charge in [0.05, 0.1) is 30.5 Å². The Kier molecular flexibility index (Phi) is 7.37. The predicted molar refractivity (Wildman–Crippen MR) is 157 cm³/mol. The average molecular weight is 580 g/mol. The molecule has 2 saturated heterocycles. The van der Waals surface area contributed by atoms with Gasteiger partial charge in [0.25, 0.3) is 17.5 Å². The summed E-state index contributed by atoms with van der Waals surface area (Å²) >= 11 is 0. The number of hydrogen-bond donors (Lipinski definition) is 1. The highest BCUT2D eigenvalue weighted by Gasteiger charge is 2.56. The lowest BCUT2D eigenvalue weighted by molar-refractivity contribution is -0.384. The van der Waals surface area contributed by atoms with Gasteiger partial charge in [-0.05, 0) is 47.4 Å². The number of benzene rings is 4. The number of hydrogen-bond acceptors (Lipinski definition) is 7. The fourth-order valence-electron chi connectivity index (χ4n) is 6.40. The van der Waals surface area contributed by atoms with Gasteiger partial charge in [-0.15, -0.1) is 0 Å². The first-order valence-corrected chi connectivity index (χ1v) is 14.0. The van der Waals surface area contributed by atoms with Crippen molar-refractivity contribution < 1.29 is 29.2 Å². The van der Waals surface area contributed by atoms with Gasteiger partial charge in [-0.2, -0.15) is 0 Å². The predicted octanol–water partition coefficient (Wildman–Crippen LogP) is 4.65. The molecule has 4 aromatic rings. The van der Waals surface area contributed by atoms with Gasteiger partial charge in [0.2, 0.25) is 5.91 Å². The van der Waals surface area contributed by atoms with Crippen LogP contribution in [-0.4, -0.2) is 56.7 Å². The lowest BCUT2D eigenvalue weighted by atomic mass is 9.82. The lowest BCUT2D eigenvalue weighted by Crippen LogP contribution is -2.57. The molecule has 4 atom stereocenters. The maximum Gasteiger partial charge on any atom is 0.269 e. The SMILES string of the molecule is COc1ccccc1[C@@H](O)C1CC[C@H]2C(=O)N(Cc3cccc4ccccc34)C(=O)[C@H]2N1C(=O)c1ccc([N+](=O)[O-])cc1. The molecular weight excluding hydrogens is 550 g/mol. The number of aliphatic hydroxyl groups is 1. The van der Waals surface area contributed by atoms with Crippen molar-refractivity contribution >= 4 is 34.2 Å². The number of non-ortho nitro benzene ring substituents is 1. The molecule has 2 aliphatic heterocycles. The zero-order valence-electron chi connectivity index (χ0n) is 23.3. The number of rotatable bonds is 7. The number of piperidine rings is 1. The van der Waals surface area contributed by atoms with Gasteiger partial charge in [0.1, 0.15) is 17.9 Å². The maximum atomic E-state index is 14.1. The van der Waals surface area contributed by atoms with Crippen molar-refractivity contribution in [1.29, 1.82) is 0 Å². The molecule has 0 bridgehead atoms. The van der Waals surface area contributed by atoms with Gasteiger partial charge in [0, 0.05) is 23.3 Å². The van der Waals surface area contributed by atoms with Crippen molar-refractivity contribution in [2.24, 2.45) is 5.92 Å². The molecule has 1 N–H and O–H groups in total. The zero-order chi connectivity index (χ0) is 30.2. The van der Waals surface area contributed by atoms with E-state index in [1.54, 1.807) is 24.3 Å². The summed E-state index contributed by atoms with van der Waals surface area (Å²) in [5.41, 5.74) is 1.17. The number of nitrogens with zero attached hydrogens (tertiary/aromatic N) is 3. The Morgan fingerprint density at radius 1 is 0.953 bits per heavy atom. The normalized spacial score (nSPS) is 20.7. The molecular formula is C33H29N3O7. The highest BCUT2D eigenvalue weighted by atomic mass is 16.6. The van der Waals surface area contributed by atoms with E-state index in [1.165, 1.54) is 41.2 Å². The van der Waals surface area contributed by atoms with Crippen LogP contribution in [0.5, 0.6) is 5.75 Å². The second-order valence-electron chi connectivity index (χ2n) is 10.8. The summed E-state index contributed by atoms with van der Waals surface area (Å²) in [5.74, 6) is -1.85. The molecule has 0 aromatic heterocycles. The van der Waals surface area contributed by atoms with Crippen LogP contribution in [0.1, 0.15) is 40.4 Å². The molecule has 6 rings (SSSR count). The quantitative estimate of drug-likeness (QED) is 0.192. The molecule has 10 heteroatoms. The number of nitro benzene ring substituents is 1. The van der Waals surface area contributed by atoms with E-state index in [1.807, 2.05) is 42.5 Å². The topological polar surface area (TPSA) is 130 Å². The Labute approximate surface area is 247 Å².